The summed E-state index contributed by atoms with van der Waals surface area (Å²) < 4.78 is 5.82. The van der Waals surface area contributed by atoms with Crippen LogP contribution in [-0.2, 0) is 0 Å². The number of hydrogen-bond acceptors (Lipinski definition) is 3. The van der Waals surface area contributed by atoms with Gasteiger partial charge in [0.25, 0.3) is 0 Å². The van der Waals surface area contributed by atoms with Crippen molar-refractivity contribution < 1.29 is 9.84 Å². The Morgan fingerprint density at radius 1 is 1.67 bits per heavy atom. The number of aliphatic hydroxyl groups is 1. The average Bonchev–Trinajstić information content (AvgIpc) is 2.27. The van der Waals surface area contributed by atoms with Crippen molar-refractivity contribution >= 4 is 15.9 Å². The molecular formula is C9H10BrN3O2. The number of benzene rings is 1. The van der Waals surface area contributed by atoms with Crippen LogP contribution in [0.3, 0.4) is 0 Å². The normalized spacial score (nSPS) is 11.7. The standard InChI is InChI=1S/C9H10BrN3O2/c1-15-6-2-3-8(10)7(4-6)9(5-14)12-13-11/h2-4,9,14H,5H2,1H3. The monoisotopic (exact) mass is 271 g/mol. The summed E-state index contributed by atoms with van der Waals surface area (Å²) in [5.41, 5.74) is 9.05. The van der Waals surface area contributed by atoms with Crippen molar-refractivity contribution in [2.24, 2.45) is 5.11 Å². The predicted octanol–water partition coefficient (Wildman–Crippen LogP) is 2.80. The smallest absolute Gasteiger partial charge is 0.119 e. The Morgan fingerprint density at radius 3 is 2.93 bits per heavy atom. The van der Waals surface area contributed by atoms with Crippen molar-refractivity contribution in [3.05, 3.63) is 38.7 Å². The fraction of sp³-hybridized carbons (Fsp3) is 0.333. The molecule has 80 valence electrons. The highest BCUT2D eigenvalue weighted by Crippen LogP contribution is 2.29. The third-order valence-corrected chi connectivity index (χ3v) is 2.65. The van der Waals surface area contributed by atoms with Gasteiger partial charge in [0.1, 0.15) is 5.75 Å². The van der Waals surface area contributed by atoms with Crippen LogP contribution in [0.1, 0.15) is 11.6 Å². The lowest BCUT2D eigenvalue weighted by atomic mass is 10.1. The molecule has 0 aliphatic carbocycles. The number of aliphatic hydroxyl groups excluding tert-OH is 1. The Kier molecular flexibility index (Phi) is 4.42. The van der Waals surface area contributed by atoms with E-state index < -0.39 is 6.04 Å². The minimum absolute atomic E-state index is 0.240. The van der Waals surface area contributed by atoms with Crippen LogP contribution in [0.2, 0.25) is 0 Å². The molecule has 0 amide bonds. The van der Waals surface area contributed by atoms with Crippen molar-refractivity contribution in [2.45, 2.75) is 6.04 Å². The first-order valence-corrected chi connectivity index (χ1v) is 5.00. The first-order chi connectivity index (χ1) is 7.22. The minimum atomic E-state index is -0.598. The largest absolute Gasteiger partial charge is 0.497 e. The number of halogens is 1. The van der Waals surface area contributed by atoms with Crippen molar-refractivity contribution in [2.75, 3.05) is 13.7 Å². The summed E-state index contributed by atoms with van der Waals surface area (Å²) in [6.07, 6.45) is 0. The van der Waals surface area contributed by atoms with Gasteiger partial charge in [-0.05, 0) is 29.3 Å². The van der Waals surface area contributed by atoms with Crippen molar-refractivity contribution in [1.82, 2.24) is 0 Å². The van der Waals surface area contributed by atoms with Crippen LogP contribution in [-0.4, -0.2) is 18.8 Å². The van der Waals surface area contributed by atoms with Gasteiger partial charge in [-0.2, -0.15) is 0 Å². The summed E-state index contributed by atoms with van der Waals surface area (Å²) in [6.45, 7) is -0.240. The van der Waals surface area contributed by atoms with Crippen molar-refractivity contribution in [3.8, 4) is 5.75 Å². The zero-order chi connectivity index (χ0) is 11.3. The summed E-state index contributed by atoms with van der Waals surface area (Å²) in [6, 6.07) is 4.68. The number of methoxy groups -OCH3 is 1. The Bertz CT molecular complexity index is 391. The molecule has 0 radical (unpaired) electrons. The van der Waals surface area contributed by atoms with E-state index in [0.29, 0.717) is 11.3 Å². The number of nitrogens with zero attached hydrogens (tertiary/aromatic N) is 3. The summed E-state index contributed by atoms with van der Waals surface area (Å²) >= 11 is 3.32. The third kappa shape index (κ3) is 2.86. The molecule has 1 unspecified atom stereocenters. The summed E-state index contributed by atoms with van der Waals surface area (Å²) in [4.78, 5) is 2.68. The quantitative estimate of drug-likeness (QED) is 0.519. The number of azide groups is 1. The van der Waals surface area contributed by atoms with Crippen LogP contribution in [0.5, 0.6) is 5.75 Å². The second-order valence-electron chi connectivity index (χ2n) is 2.79. The Hall–Kier alpha value is -1.23. The average molecular weight is 272 g/mol. The second-order valence-corrected chi connectivity index (χ2v) is 3.65. The number of ether oxygens (including phenoxy) is 1. The van der Waals surface area contributed by atoms with E-state index in [2.05, 4.69) is 26.0 Å². The molecule has 0 fully saturated rings. The van der Waals surface area contributed by atoms with E-state index >= 15 is 0 Å². The number of hydrogen-bond donors (Lipinski definition) is 1. The summed E-state index contributed by atoms with van der Waals surface area (Å²) in [7, 11) is 1.55. The van der Waals surface area contributed by atoms with Gasteiger partial charge < -0.3 is 9.84 Å². The van der Waals surface area contributed by atoms with Gasteiger partial charge in [-0.1, -0.05) is 21.0 Å². The highest BCUT2D eigenvalue weighted by molar-refractivity contribution is 9.10. The van der Waals surface area contributed by atoms with E-state index in [4.69, 9.17) is 15.4 Å². The molecule has 1 atom stereocenters. The van der Waals surface area contributed by atoms with Crippen LogP contribution >= 0.6 is 15.9 Å². The van der Waals surface area contributed by atoms with Crippen LogP contribution < -0.4 is 4.74 Å². The van der Waals surface area contributed by atoms with Gasteiger partial charge >= 0.3 is 0 Å². The Balaban J connectivity index is 3.14. The zero-order valence-corrected chi connectivity index (χ0v) is 9.68. The lowest BCUT2D eigenvalue weighted by Crippen LogP contribution is -2.01. The molecule has 1 aromatic carbocycles. The molecule has 0 saturated carbocycles. The SMILES string of the molecule is COc1ccc(Br)c(C(CO)N=[N+]=[N-])c1. The van der Waals surface area contributed by atoms with Crippen LogP contribution in [0.4, 0.5) is 0 Å². The molecule has 0 aliphatic heterocycles. The summed E-state index contributed by atoms with van der Waals surface area (Å²) in [5.74, 6) is 0.653. The lowest BCUT2D eigenvalue weighted by Gasteiger charge is -2.11. The van der Waals surface area contributed by atoms with Gasteiger partial charge in [0.15, 0.2) is 0 Å². The molecule has 1 rings (SSSR count). The molecule has 15 heavy (non-hydrogen) atoms. The molecule has 0 aromatic heterocycles. The van der Waals surface area contributed by atoms with E-state index in [0.717, 1.165) is 4.47 Å². The highest BCUT2D eigenvalue weighted by Gasteiger charge is 2.12. The van der Waals surface area contributed by atoms with Gasteiger partial charge in [-0.3, -0.25) is 0 Å². The molecule has 0 aliphatic rings. The van der Waals surface area contributed by atoms with Crippen molar-refractivity contribution in [1.29, 1.82) is 0 Å². The van der Waals surface area contributed by atoms with E-state index in [1.165, 1.54) is 0 Å². The Labute approximate surface area is 95.4 Å². The van der Waals surface area contributed by atoms with Gasteiger partial charge in [0.05, 0.1) is 19.8 Å². The third-order valence-electron chi connectivity index (χ3n) is 1.93. The first kappa shape index (κ1) is 11.8. The highest BCUT2D eigenvalue weighted by atomic mass is 79.9. The molecule has 1 N–H and O–H groups in total. The first-order valence-electron chi connectivity index (χ1n) is 4.21. The molecule has 1 aromatic rings. The Morgan fingerprint density at radius 2 is 2.40 bits per heavy atom. The molecule has 0 heterocycles. The van der Waals surface area contributed by atoms with Crippen LogP contribution in [0.15, 0.2) is 27.8 Å². The van der Waals surface area contributed by atoms with E-state index in [9.17, 15) is 0 Å². The molecule has 5 nitrogen and oxygen atoms in total. The van der Waals surface area contributed by atoms with Gasteiger partial charge in [0, 0.05) is 9.38 Å². The van der Waals surface area contributed by atoms with E-state index in [1.54, 1.807) is 25.3 Å². The topological polar surface area (TPSA) is 78.2 Å². The van der Waals surface area contributed by atoms with Crippen LogP contribution in [0.25, 0.3) is 10.4 Å². The fourth-order valence-corrected chi connectivity index (χ4v) is 1.67. The van der Waals surface area contributed by atoms with E-state index in [-0.39, 0.29) is 6.61 Å². The zero-order valence-electron chi connectivity index (χ0n) is 8.09. The molecule has 6 heteroatoms. The maximum absolute atomic E-state index is 9.07. The molecule has 0 saturated heterocycles. The molecule has 0 spiro atoms. The van der Waals surface area contributed by atoms with E-state index in [1.807, 2.05) is 0 Å². The lowest BCUT2D eigenvalue weighted by molar-refractivity contribution is 0.267. The molecule has 0 bridgehead atoms. The van der Waals surface area contributed by atoms with Crippen LogP contribution in [0, 0.1) is 0 Å². The fourth-order valence-electron chi connectivity index (χ4n) is 1.16. The van der Waals surface area contributed by atoms with Gasteiger partial charge in [0.2, 0.25) is 0 Å². The van der Waals surface area contributed by atoms with Gasteiger partial charge in [-0.25, -0.2) is 0 Å². The summed E-state index contributed by atoms with van der Waals surface area (Å²) in [5, 5.41) is 12.6. The van der Waals surface area contributed by atoms with Gasteiger partial charge in [-0.15, -0.1) is 0 Å². The number of rotatable bonds is 4. The molecular weight excluding hydrogens is 262 g/mol. The minimum Gasteiger partial charge on any atom is -0.497 e. The maximum atomic E-state index is 9.07. The maximum Gasteiger partial charge on any atom is 0.119 e. The second kappa shape index (κ2) is 5.60. The van der Waals surface area contributed by atoms with Crippen molar-refractivity contribution in [3.63, 3.8) is 0 Å². The predicted molar refractivity (Wildman–Crippen MR) is 59.7 cm³/mol.